The zero-order chi connectivity index (χ0) is 18.8. The topological polar surface area (TPSA) is 38.1 Å². The molecule has 27 heavy (non-hydrogen) atoms. The Labute approximate surface area is 160 Å². The summed E-state index contributed by atoms with van der Waals surface area (Å²) in [5.41, 5.74) is 4.53. The minimum atomic E-state index is 0.0836. The molecule has 0 unspecified atom stereocenters. The van der Waals surface area contributed by atoms with Crippen molar-refractivity contribution in [1.29, 1.82) is 0 Å². The fourth-order valence-electron chi connectivity index (χ4n) is 3.79. The lowest BCUT2D eigenvalue weighted by Crippen LogP contribution is -2.39. The number of amides is 1. The lowest BCUT2D eigenvalue weighted by Gasteiger charge is -2.30. The Bertz CT molecular complexity index is 945. The molecule has 1 aromatic heterocycles. The molecule has 1 atom stereocenters. The lowest BCUT2D eigenvalue weighted by molar-refractivity contribution is 0.0684. The monoisotopic (exact) mass is 359 g/mol. The Hall–Kier alpha value is -2.88. The SMILES string of the molecule is Cc1cccc(-c2nn(-c3ccccc3)cc2C(=O)N2CCC[C@@H](C)C2)c1. The molecular formula is C23H25N3O. The Kier molecular flexibility index (Phi) is 4.80. The number of rotatable bonds is 3. The minimum absolute atomic E-state index is 0.0836. The van der Waals surface area contributed by atoms with Gasteiger partial charge >= 0.3 is 0 Å². The number of carbonyl (C=O) groups excluding carboxylic acids is 1. The highest BCUT2D eigenvalue weighted by atomic mass is 16.2. The van der Waals surface area contributed by atoms with Crippen LogP contribution in [0.1, 0.15) is 35.7 Å². The van der Waals surface area contributed by atoms with Crippen LogP contribution in [0, 0.1) is 12.8 Å². The molecule has 4 nitrogen and oxygen atoms in total. The number of likely N-dealkylation sites (tertiary alicyclic amines) is 1. The first-order valence-electron chi connectivity index (χ1n) is 9.63. The van der Waals surface area contributed by atoms with E-state index in [0.29, 0.717) is 11.5 Å². The van der Waals surface area contributed by atoms with E-state index < -0.39 is 0 Å². The molecule has 2 aromatic carbocycles. The van der Waals surface area contributed by atoms with E-state index in [1.54, 1.807) is 0 Å². The molecule has 1 amide bonds. The third-order valence-electron chi connectivity index (χ3n) is 5.20. The Balaban J connectivity index is 1.79. The Morgan fingerprint density at radius 1 is 1.11 bits per heavy atom. The lowest BCUT2D eigenvalue weighted by atomic mass is 9.99. The first-order chi connectivity index (χ1) is 13.1. The van der Waals surface area contributed by atoms with Gasteiger partial charge in [0.2, 0.25) is 0 Å². The van der Waals surface area contributed by atoms with E-state index in [9.17, 15) is 4.79 Å². The molecule has 2 heterocycles. The predicted molar refractivity (Wildman–Crippen MR) is 108 cm³/mol. The fourth-order valence-corrected chi connectivity index (χ4v) is 3.79. The molecule has 1 aliphatic heterocycles. The molecule has 1 saturated heterocycles. The van der Waals surface area contributed by atoms with Gasteiger partial charge in [0.1, 0.15) is 5.69 Å². The van der Waals surface area contributed by atoms with Crippen LogP contribution in [-0.4, -0.2) is 33.7 Å². The molecule has 4 heteroatoms. The molecule has 1 fully saturated rings. The van der Waals surface area contributed by atoms with Gasteiger partial charge in [0.25, 0.3) is 5.91 Å². The van der Waals surface area contributed by atoms with E-state index in [4.69, 9.17) is 5.10 Å². The van der Waals surface area contributed by atoms with Crippen molar-refractivity contribution in [2.24, 2.45) is 5.92 Å². The number of hydrogen-bond acceptors (Lipinski definition) is 2. The van der Waals surface area contributed by atoms with Crippen LogP contribution in [0.25, 0.3) is 16.9 Å². The van der Waals surface area contributed by atoms with Gasteiger partial charge in [-0.2, -0.15) is 5.10 Å². The van der Waals surface area contributed by atoms with E-state index in [1.807, 2.05) is 58.2 Å². The molecule has 0 N–H and O–H groups in total. The largest absolute Gasteiger partial charge is 0.338 e. The summed E-state index contributed by atoms with van der Waals surface area (Å²) in [6, 6.07) is 18.2. The van der Waals surface area contributed by atoms with Crippen LogP contribution >= 0.6 is 0 Å². The highest BCUT2D eigenvalue weighted by Gasteiger charge is 2.26. The molecular weight excluding hydrogens is 334 g/mol. The molecule has 0 aliphatic carbocycles. The van der Waals surface area contributed by atoms with Crippen LogP contribution < -0.4 is 0 Å². The van der Waals surface area contributed by atoms with Crippen molar-refractivity contribution in [1.82, 2.24) is 14.7 Å². The Morgan fingerprint density at radius 3 is 2.67 bits per heavy atom. The van der Waals surface area contributed by atoms with Crippen molar-refractivity contribution in [3.63, 3.8) is 0 Å². The number of aryl methyl sites for hydroxylation is 1. The van der Waals surface area contributed by atoms with Gasteiger partial charge in [-0.15, -0.1) is 0 Å². The number of para-hydroxylation sites is 1. The van der Waals surface area contributed by atoms with Crippen molar-refractivity contribution in [2.75, 3.05) is 13.1 Å². The first kappa shape index (κ1) is 17.5. The summed E-state index contributed by atoms with van der Waals surface area (Å²) in [4.78, 5) is 15.3. The number of carbonyl (C=O) groups is 1. The maximum absolute atomic E-state index is 13.3. The third kappa shape index (κ3) is 3.65. The van der Waals surface area contributed by atoms with Gasteiger partial charge in [-0.1, -0.05) is 48.9 Å². The number of nitrogens with zero attached hydrogens (tertiary/aromatic N) is 3. The molecule has 1 aliphatic rings. The number of piperidine rings is 1. The summed E-state index contributed by atoms with van der Waals surface area (Å²) in [5.74, 6) is 0.634. The van der Waals surface area contributed by atoms with E-state index in [-0.39, 0.29) is 5.91 Å². The van der Waals surface area contributed by atoms with Crippen molar-refractivity contribution in [3.05, 3.63) is 71.9 Å². The molecule has 0 bridgehead atoms. The summed E-state index contributed by atoms with van der Waals surface area (Å²) >= 11 is 0. The van der Waals surface area contributed by atoms with Crippen LogP contribution in [0.4, 0.5) is 0 Å². The fraction of sp³-hybridized carbons (Fsp3) is 0.304. The quantitative estimate of drug-likeness (QED) is 0.679. The molecule has 0 saturated carbocycles. The molecule has 138 valence electrons. The van der Waals surface area contributed by atoms with Crippen LogP contribution in [0.15, 0.2) is 60.8 Å². The highest BCUT2D eigenvalue weighted by molar-refractivity contribution is 6.00. The molecule has 0 spiro atoms. The maximum atomic E-state index is 13.3. The van der Waals surface area contributed by atoms with Crippen molar-refractivity contribution < 1.29 is 4.79 Å². The zero-order valence-electron chi connectivity index (χ0n) is 15.9. The maximum Gasteiger partial charge on any atom is 0.257 e. The second-order valence-electron chi connectivity index (χ2n) is 7.54. The van der Waals surface area contributed by atoms with E-state index in [0.717, 1.165) is 42.0 Å². The summed E-state index contributed by atoms with van der Waals surface area (Å²) in [5, 5.41) is 4.80. The van der Waals surface area contributed by atoms with Crippen molar-refractivity contribution >= 4 is 5.91 Å². The summed E-state index contributed by atoms with van der Waals surface area (Å²) in [7, 11) is 0. The first-order valence-corrected chi connectivity index (χ1v) is 9.63. The number of hydrogen-bond donors (Lipinski definition) is 0. The summed E-state index contributed by atoms with van der Waals surface area (Å²) in [6.45, 7) is 5.93. The van der Waals surface area contributed by atoms with Gasteiger partial charge in [-0.3, -0.25) is 4.79 Å². The van der Waals surface area contributed by atoms with E-state index >= 15 is 0 Å². The minimum Gasteiger partial charge on any atom is -0.338 e. The summed E-state index contributed by atoms with van der Waals surface area (Å²) < 4.78 is 1.82. The highest BCUT2D eigenvalue weighted by Crippen LogP contribution is 2.27. The van der Waals surface area contributed by atoms with Crippen LogP contribution in [-0.2, 0) is 0 Å². The van der Waals surface area contributed by atoms with Crippen LogP contribution in [0.5, 0.6) is 0 Å². The summed E-state index contributed by atoms with van der Waals surface area (Å²) in [6.07, 6.45) is 4.14. The van der Waals surface area contributed by atoms with Crippen molar-refractivity contribution in [3.8, 4) is 16.9 Å². The van der Waals surface area contributed by atoms with Gasteiger partial charge < -0.3 is 4.90 Å². The molecule has 0 radical (unpaired) electrons. The zero-order valence-corrected chi connectivity index (χ0v) is 15.9. The van der Waals surface area contributed by atoms with Gasteiger partial charge in [0.05, 0.1) is 11.3 Å². The normalized spacial score (nSPS) is 17.1. The van der Waals surface area contributed by atoms with Gasteiger partial charge in [0, 0.05) is 24.8 Å². The predicted octanol–water partition coefficient (Wildman–Crippen LogP) is 4.72. The number of aromatic nitrogens is 2. The van der Waals surface area contributed by atoms with E-state index in [1.165, 1.54) is 6.42 Å². The molecule has 4 rings (SSSR count). The second kappa shape index (κ2) is 7.39. The molecule has 3 aromatic rings. The van der Waals surface area contributed by atoms with Crippen molar-refractivity contribution in [2.45, 2.75) is 26.7 Å². The second-order valence-corrected chi connectivity index (χ2v) is 7.54. The van der Waals surface area contributed by atoms with Gasteiger partial charge in [-0.25, -0.2) is 4.68 Å². The van der Waals surface area contributed by atoms with Crippen LogP contribution in [0.3, 0.4) is 0 Å². The van der Waals surface area contributed by atoms with Crippen LogP contribution in [0.2, 0.25) is 0 Å². The standard InChI is InChI=1S/C23H25N3O/c1-17-8-6-10-19(14-17)22-21(23(27)25-13-7-9-18(2)15-25)16-26(24-22)20-11-4-3-5-12-20/h3-6,8,10-12,14,16,18H,7,9,13,15H2,1-2H3/t18-/m1/s1. The average molecular weight is 359 g/mol. The third-order valence-corrected chi connectivity index (χ3v) is 5.20. The van der Waals surface area contributed by atoms with Gasteiger partial charge in [-0.05, 0) is 43.9 Å². The Morgan fingerprint density at radius 2 is 1.93 bits per heavy atom. The smallest absolute Gasteiger partial charge is 0.257 e. The number of benzene rings is 2. The average Bonchev–Trinajstić information content (AvgIpc) is 3.13. The van der Waals surface area contributed by atoms with E-state index in [2.05, 4.69) is 26.0 Å². The van der Waals surface area contributed by atoms with Gasteiger partial charge in [0.15, 0.2) is 0 Å².